The Bertz CT molecular complexity index is 1090. The molecule has 6 nitrogen and oxygen atoms in total. The minimum Gasteiger partial charge on any atom is -0.326 e. The maximum absolute atomic E-state index is 13.0. The van der Waals surface area contributed by atoms with Crippen LogP contribution in [0.4, 0.5) is 18.9 Å². The highest BCUT2D eigenvalue weighted by Crippen LogP contribution is 2.32. The van der Waals surface area contributed by atoms with Crippen LogP contribution in [0.25, 0.3) is 11.0 Å². The van der Waals surface area contributed by atoms with Crippen LogP contribution < -0.4 is 16.7 Å². The number of benzene rings is 2. The fourth-order valence-electron chi connectivity index (χ4n) is 3.06. The van der Waals surface area contributed by atoms with Crippen LogP contribution >= 0.6 is 12.4 Å². The number of fused-ring (bicyclic) bond motifs is 1. The molecule has 0 fully saturated rings. The number of hydrogen-bond acceptors (Lipinski definition) is 3. The summed E-state index contributed by atoms with van der Waals surface area (Å²) in [5.74, 6) is -0.498. The van der Waals surface area contributed by atoms with Crippen LogP contribution in [0.5, 0.6) is 0 Å². The predicted molar refractivity (Wildman–Crippen MR) is 107 cm³/mol. The van der Waals surface area contributed by atoms with Gasteiger partial charge in [0.2, 0.25) is 5.91 Å². The Labute approximate surface area is 170 Å². The van der Waals surface area contributed by atoms with Crippen molar-refractivity contribution in [2.75, 3.05) is 5.32 Å². The Morgan fingerprint density at radius 1 is 1.14 bits per heavy atom. The Hall–Kier alpha value is -2.78. The first-order valence-corrected chi connectivity index (χ1v) is 8.56. The van der Waals surface area contributed by atoms with Crippen LogP contribution in [0.15, 0.2) is 47.3 Å². The largest absolute Gasteiger partial charge is 0.416 e. The van der Waals surface area contributed by atoms with Crippen molar-refractivity contribution in [3.05, 3.63) is 64.1 Å². The van der Waals surface area contributed by atoms with E-state index in [1.807, 2.05) is 6.07 Å². The summed E-state index contributed by atoms with van der Waals surface area (Å²) in [4.78, 5) is 24.6. The molecule has 3 aromatic rings. The summed E-state index contributed by atoms with van der Waals surface area (Å²) in [5, 5.41) is 2.46. The number of nitrogens with zero attached hydrogens (tertiary/aromatic N) is 2. The second-order valence-electron chi connectivity index (χ2n) is 6.40. The maximum Gasteiger partial charge on any atom is 0.416 e. The second kappa shape index (κ2) is 8.71. The van der Waals surface area contributed by atoms with E-state index in [1.54, 1.807) is 25.2 Å². The van der Waals surface area contributed by atoms with E-state index in [4.69, 9.17) is 5.73 Å². The van der Waals surface area contributed by atoms with Crippen molar-refractivity contribution in [3.63, 3.8) is 0 Å². The molecular formula is C19H20ClF3N4O2. The number of para-hydroxylation sites is 2. The molecule has 3 rings (SSSR count). The number of hydrogen-bond donors (Lipinski definition) is 2. The Morgan fingerprint density at radius 2 is 1.79 bits per heavy atom. The summed E-state index contributed by atoms with van der Waals surface area (Å²) in [6.45, 7) is 0.0208. The molecule has 156 valence electrons. The molecule has 0 aliphatic carbocycles. The van der Waals surface area contributed by atoms with Gasteiger partial charge < -0.3 is 11.1 Å². The van der Waals surface area contributed by atoms with Gasteiger partial charge >= 0.3 is 11.9 Å². The van der Waals surface area contributed by atoms with Gasteiger partial charge in [0.05, 0.1) is 16.6 Å². The molecule has 0 aliphatic heterocycles. The van der Waals surface area contributed by atoms with E-state index in [0.29, 0.717) is 5.52 Å². The van der Waals surface area contributed by atoms with Gasteiger partial charge in [0.15, 0.2) is 0 Å². The zero-order chi connectivity index (χ0) is 20.5. The number of nitrogens with one attached hydrogen (secondary N) is 1. The first-order valence-electron chi connectivity index (χ1n) is 8.56. The van der Waals surface area contributed by atoms with Gasteiger partial charge in [-0.1, -0.05) is 12.1 Å². The SMILES string of the molecule is Cl.Cn1c(=O)n(CCC(=O)Nc2cc(CN)cc(C(F)(F)F)c2)c2ccccc21. The fraction of sp³-hybridized carbons (Fsp3) is 0.263. The lowest BCUT2D eigenvalue weighted by Crippen LogP contribution is -2.24. The molecule has 0 bridgehead atoms. The van der Waals surface area contributed by atoms with Gasteiger partial charge in [-0.3, -0.25) is 13.9 Å². The summed E-state index contributed by atoms with van der Waals surface area (Å²) in [5.41, 5.74) is 6.00. The van der Waals surface area contributed by atoms with Gasteiger partial charge in [-0.25, -0.2) is 4.79 Å². The summed E-state index contributed by atoms with van der Waals surface area (Å²) in [7, 11) is 1.64. The Balaban J connectivity index is 0.00000300. The van der Waals surface area contributed by atoms with Crippen LogP contribution in [0, 0.1) is 0 Å². The van der Waals surface area contributed by atoms with Gasteiger partial charge in [0.25, 0.3) is 0 Å². The number of alkyl halides is 3. The monoisotopic (exact) mass is 428 g/mol. The van der Waals surface area contributed by atoms with E-state index < -0.39 is 17.6 Å². The van der Waals surface area contributed by atoms with Crippen molar-refractivity contribution in [1.29, 1.82) is 0 Å². The molecule has 10 heteroatoms. The van der Waals surface area contributed by atoms with Gasteiger partial charge in [0, 0.05) is 32.2 Å². The minimum atomic E-state index is -4.54. The topological polar surface area (TPSA) is 82.0 Å². The fourth-order valence-corrected chi connectivity index (χ4v) is 3.06. The third kappa shape index (κ3) is 4.80. The summed E-state index contributed by atoms with van der Waals surface area (Å²) in [6, 6.07) is 10.4. The summed E-state index contributed by atoms with van der Waals surface area (Å²) in [6.07, 6.45) is -4.61. The van der Waals surface area contributed by atoms with Gasteiger partial charge in [-0.2, -0.15) is 13.2 Å². The number of anilines is 1. The molecule has 1 amide bonds. The van der Waals surface area contributed by atoms with E-state index in [9.17, 15) is 22.8 Å². The normalized spacial score (nSPS) is 11.3. The first-order chi connectivity index (χ1) is 13.2. The summed E-state index contributed by atoms with van der Waals surface area (Å²) < 4.78 is 41.9. The highest BCUT2D eigenvalue weighted by molar-refractivity contribution is 5.91. The Morgan fingerprint density at radius 3 is 2.41 bits per heavy atom. The number of nitrogens with two attached hydrogens (primary N) is 1. The van der Waals surface area contributed by atoms with Gasteiger partial charge in [0.1, 0.15) is 0 Å². The number of imidazole rings is 1. The van der Waals surface area contributed by atoms with Gasteiger partial charge in [-0.05, 0) is 35.9 Å². The molecule has 0 saturated carbocycles. The third-order valence-electron chi connectivity index (χ3n) is 4.45. The highest BCUT2D eigenvalue weighted by atomic mass is 35.5. The minimum absolute atomic E-state index is 0. The first kappa shape index (κ1) is 22.5. The van der Waals surface area contributed by atoms with Crippen molar-refractivity contribution in [2.45, 2.75) is 25.7 Å². The molecule has 1 heterocycles. The average Bonchev–Trinajstić information content (AvgIpc) is 2.90. The lowest BCUT2D eigenvalue weighted by molar-refractivity contribution is -0.137. The molecule has 0 atom stereocenters. The third-order valence-corrected chi connectivity index (χ3v) is 4.45. The second-order valence-corrected chi connectivity index (χ2v) is 6.40. The van der Waals surface area contributed by atoms with E-state index in [1.165, 1.54) is 15.2 Å². The van der Waals surface area contributed by atoms with Crippen LogP contribution in [0.2, 0.25) is 0 Å². The van der Waals surface area contributed by atoms with Crippen molar-refractivity contribution < 1.29 is 18.0 Å². The molecular weight excluding hydrogens is 409 g/mol. The molecule has 29 heavy (non-hydrogen) atoms. The van der Waals surface area contributed by atoms with Crippen LogP contribution in [0.3, 0.4) is 0 Å². The predicted octanol–water partition coefficient (Wildman–Crippen LogP) is 3.27. The standard InChI is InChI=1S/C19H19F3N4O2.ClH/c1-25-15-4-2-3-5-16(15)26(18(25)28)7-6-17(27)24-14-9-12(11-23)8-13(10-14)19(20,21)22;/h2-5,8-10H,6-7,11,23H2,1H3,(H,24,27);1H. The average molecular weight is 429 g/mol. The van der Waals surface area contributed by atoms with Crippen LogP contribution in [0.1, 0.15) is 17.5 Å². The van der Waals surface area contributed by atoms with E-state index in [0.717, 1.165) is 17.6 Å². The molecule has 0 aliphatic rings. The summed E-state index contributed by atoms with van der Waals surface area (Å²) >= 11 is 0. The zero-order valence-electron chi connectivity index (χ0n) is 15.5. The van der Waals surface area contributed by atoms with E-state index in [-0.39, 0.29) is 48.9 Å². The number of carbonyl (C=O) groups excluding carboxylic acids is 1. The number of amides is 1. The molecule has 0 saturated heterocycles. The zero-order valence-corrected chi connectivity index (χ0v) is 16.3. The number of rotatable bonds is 5. The Kier molecular flexibility index (Phi) is 6.76. The van der Waals surface area contributed by atoms with Gasteiger partial charge in [-0.15, -0.1) is 12.4 Å². The van der Waals surface area contributed by atoms with Crippen molar-refractivity contribution in [3.8, 4) is 0 Å². The highest BCUT2D eigenvalue weighted by Gasteiger charge is 2.31. The van der Waals surface area contributed by atoms with Crippen molar-refractivity contribution in [1.82, 2.24) is 9.13 Å². The van der Waals surface area contributed by atoms with Crippen molar-refractivity contribution in [2.24, 2.45) is 12.8 Å². The molecule has 0 spiro atoms. The van der Waals surface area contributed by atoms with E-state index >= 15 is 0 Å². The molecule has 0 radical (unpaired) electrons. The number of carbonyl (C=O) groups is 1. The van der Waals surface area contributed by atoms with Crippen molar-refractivity contribution >= 4 is 35.0 Å². The number of aromatic nitrogens is 2. The number of aryl methyl sites for hydroxylation is 2. The molecule has 0 unspecified atom stereocenters. The lowest BCUT2D eigenvalue weighted by Gasteiger charge is -2.12. The number of halogens is 4. The van der Waals surface area contributed by atoms with Crippen LogP contribution in [-0.4, -0.2) is 15.0 Å². The molecule has 3 N–H and O–H groups in total. The maximum atomic E-state index is 13.0. The smallest absolute Gasteiger partial charge is 0.326 e. The molecule has 1 aromatic heterocycles. The van der Waals surface area contributed by atoms with E-state index in [2.05, 4.69) is 5.32 Å². The van der Waals surface area contributed by atoms with Crippen LogP contribution in [-0.2, 0) is 31.1 Å². The quantitative estimate of drug-likeness (QED) is 0.654. The lowest BCUT2D eigenvalue weighted by atomic mass is 10.1. The molecule has 2 aromatic carbocycles.